The highest BCUT2D eigenvalue weighted by Gasteiger charge is 2.18. The number of hydrogen-bond acceptors (Lipinski definition) is 3. The Bertz CT molecular complexity index is 668. The lowest BCUT2D eigenvalue weighted by atomic mass is 10.1. The molecule has 0 aromatic carbocycles. The van der Waals surface area contributed by atoms with Gasteiger partial charge in [0.25, 0.3) is 0 Å². The number of aromatic nitrogens is 2. The second-order valence-electron chi connectivity index (χ2n) is 5.21. The van der Waals surface area contributed by atoms with Crippen LogP contribution < -0.4 is 0 Å². The van der Waals surface area contributed by atoms with Crippen LogP contribution in [-0.4, -0.2) is 32.1 Å². The van der Waals surface area contributed by atoms with Crippen LogP contribution >= 0.6 is 23.2 Å². The van der Waals surface area contributed by atoms with Crippen LogP contribution in [0, 0.1) is 0 Å². The number of hydrogen-bond donors (Lipinski definition) is 0. The minimum Gasteiger partial charge on any atom is -0.377 e. The summed E-state index contributed by atoms with van der Waals surface area (Å²) in [5.74, 6) is 0.984. The quantitative estimate of drug-likeness (QED) is 0.851. The van der Waals surface area contributed by atoms with Crippen LogP contribution in [0.2, 0.25) is 10.0 Å². The molecule has 0 saturated carbocycles. The zero-order valence-electron chi connectivity index (χ0n) is 11.4. The van der Waals surface area contributed by atoms with E-state index in [-0.39, 0.29) is 6.10 Å². The molecule has 2 aromatic rings. The topological polar surface area (TPSA) is 43.6 Å². The van der Waals surface area contributed by atoms with Crippen molar-refractivity contribution < 1.29 is 8.95 Å². The Morgan fingerprint density at radius 3 is 3.00 bits per heavy atom. The predicted molar refractivity (Wildman–Crippen MR) is 85.5 cm³/mol. The first-order valence-electron chi connectivity index (χ1n) is 6.91. The summed E-state index contributed by atoms with van der Waals surface area (Å²) in [6, 6.07) is 1.65. The first-order valence-corrected chi connectivity index (χ1v) is 9.15. The van der Waals surface area contributed by atoms with Gasteiger partial charge in [0.15, 0.2) is 5.65 Å². The third-order valence-electron chi connectivity index (χ3n) is 3.48. The molecule has 0 bridgehead atoms. The Morgan fingerprint density at radius 1 is 1.38 bits per heavy atom. The van der Waals surface area contributed by atoms with Gasteiger partial charge in [-0.05, 0) is 25.3 Å². The van der Waals surface area contributed by atoms with Gasteiger partial charge in [0.05, 0.1) is 33.3 Å². The van der Waals surface area contributed by atoms with Gasteiger partial charge in [-0.1, -0.05) is 23.2 Å². The fraction of sp³-hybridized carbons (Fsp3) is 0.500. The Labute approximate surface area is 135 Å². The molecule has 3 heterocycles. The average Bonchev–Trinajstić information content (AvgIpc) is 2.82. The Hall–Kier alpha value is -0.620. The van der Waals surface area contributed by atoms with Crippen molar-refractivity contribution in [1.29, 1.82) is 0 Å². The maximum Gasteiger partial charge on any atom is 0.155 e. The summed E-state index contributed by atoms with van der Waals surface area (Å²) in [4.78, 5) is 4.42. The maximum atomic E-state index is 12.2. The van der Waals surface area contributed by atoms with Gasteiger partial charge in [-0.3, -0.25) is 4.21 Å². The van der Waals surface area contributed by atoms with Gasteiger partial charge >= 0.3 is 0 Å². The van der Waals surface area contributed by atoms with Crippen LogP contribution in [0.15, 0.2) is 18.5 Å². The molecule has 1 fully saturated rings. The number of fused-ring (bicyclic) bond motifs is 1. The second kappa shape index (κ2) is 6.65. The molecule has 0 N–H and O–H groups in total. The van der Waals surface area contributed by atoms with E-state index in [4.69, 9.17) is 27.9 Å². The number of rotatable bonds is 4. The molecule has 2 aromatic heterocycles. The smallest absolute Gasteiger partial charge is 0.155 e. The maximum absolute atomic E-state index is 12.2. The highest BCUT2D eigenvalue weighted by atomic mass is 35.5. The summed E-state index contributed by atoms with van der Waals surface area (Å²) in [7, 11) is -0.984. The normalized spacial score (nSPS) is 20.8. The summed E-state index contributed by atoms with van der Waals surface area (Å²) in [6.07, 6.45) is 6.95. The molecule has 2 unspecified atom stereocenters. The van der Waals surface area contributed by atoms with Gasteiger partial charge in [-0.25, -0.2) is 4.98 Å². The number of pyridine rings is 1. The van der Waals surface area contributed by atoms with Crippen LogP contribution in [0.1, 0.15) is 25.0 Å². The van der Waals surface area contributed by atoms with Crippen LogP contribution in [-0.2, 0) is 21.3 Å². The van der Waals surface area contributed by atoms with Crippen LogP contribution in [0.4, 0.5) is 0 Å². The van der Waals surface area contributed by atoms with E-state index in [0.29, 0.717) is 27.2 Å². The van der Waals surface area contributed by atoms with Crippen LogP contribution in [0.25, 0.3) is 5.65 Å². The van der Waals surface area contributed by atoms with Gasteiger partial charge in [0.2, 0.25) is 0 Å². The lowest BCUT2D eigenvalue weighted by Crippen LogP contribution is -2.25. The highest BCUT2D eigenvalue weighted by molar-refractivity contribution is 7.84. The molecule has 21 heavy (non-hydrogen) atoms. The molecule has 7 heteroatoms. The molecule has 4 nitrogen and oxygen atoms in total. The average molecular weight is 347 g/mol. The molecular formula is C14H16Cl2N2O2S. The van der Waals surface area contributed by atoms with E-state index in [9.17, 15) is 4.21 Å². The molecule has 2 atom stereocenters. The number of halogens is 2. The van der Waals surface area contributed by atoms with E-state index in [2.05, 4.69) is 4.98 Å². The summed E-state index contributed by atoms with van der Waals surface area (Å²) >= 11 is 12.1. The second-order valence-corrected chi connectivity index (χ2v) is 7.55. The van der Waals surface area contributed by atoms with Gasteiger partial charge in [0, 0.05) is 29.8 Å². The number of ether oxygens (including phenoxy) is 1. The van der Waals surface area contributed by atoms with Crippen molar-refractivity contribution >= 4 is 39.6 Å². The minimum atomic E-state index is -0.984. The predicted octanol–water partition coefficient (Wildman–Crippen LogP) is 3.46. The minimum absolute atomic E-state index is 0.120. The van der Waals surface area contributed by atoms with E-state index in [0.717, 1.165) is 31.6 Å². The summed E-state index contributed by atoms with van der Waals surface area (Å²) in [6.45, 7) is 0.782. The number of nitrogens with zero attached hydrogens (tertiary/aromatic N) is 2. The molecule has 114 valence electrons. The van der Waals surface area contributed by atoms with Crippen molar-refractivity contribution in [3.63, 3.8) is 0 Å². The lowest BCUT2D eigenvalue weighted by molar-refractivity contribution is 0.0310. The van der Waals surface area contributed by atoms with Crippen molar-refractivity contribution in [3.05, 3.63) is 34.2 Å². The van der Waals surface area contributed by atoms with E-state index in [1.165, 1.54) is 0 Å². The first kappa shape index (κ1) is 15.3. The molecule has 1 aliphatic heterocycles. The van der Waals surface area contributed by atoms with Crippen molar-refractivity contribution in [2.75, 3.05) is 12.4 Å². The van der Waals surface area contributed by atoms with Gasteiger partial charge in [0.1, 0.15) is 0 Å². The first-order chi connectivity index (χ1) is 10.1. The van der Waals surface area contributed by atoms with Crippen molar-refractivity contribution in [2.24, 2.45) is 0 Å². The van der Waals surface area contributed by atoms with Crippen LogP contribution in [0.5, 0.6) is 0 Å². The standard InChI is InChI=1S/C14H16Cl2N2O2S/c15-10-5-13(16)14-17-11(7-18(14)6-10)8-21(19)9-12-3-1-2-4-20-12/h5-7,12H,1-4,8-9H2. The fourth-order valence-electron chi connectivity index (χ4n) is 2.51. The summed E-state index contributed by atoms with van der Waals surface area (Å²) in [5, 5.41) is 1.04. The zero-order chi connectivity index (χ0) is 14.8. The van der Waals surface area contributed by atoms with Crippen molar-refractivity contribution in [2.45, 2.75) is 31.1 Å². The highest BCUT2D eigenvalue weighted by Crippen LogP contribution is 2.22. The molecule has 0 spiro atoms. The lowest BCUT2D eigenvalue weighted by Gasteiger charge is -2.21. The molecule has 0 aliphatic carbocycles. The Kier molecular flexibility index (Phi) is 4.84. The third-order valence-corrected chi connectivity index (χ3v) is 5.32. The third kappa shape index (κ3) is 3.77. The van der Waals surface area contributed by atoms with Crippen molar-refractivity contribution in [3.8, 4) is 0 Å². The SMILES string of the molecule is O=S(Cc1cn2cc(Cl)cc(Cl)c2n1)CC1CCCCO1. The molecular weight excluding hydrogens is 331 g/mol. The van der Waals surface area contributed by atoms with Gasteiger partial charge in [-0.15, -0.1) is 0 Å². The summed E-state index contributed by atoms with van der Waals surface area (Å²) < 4.78 is 19.6. The Morgan fingerprint density at radius 2 is 2.24 bits per heavy atom. The molecule has 3 rings (SSSR count). The monoisotopic (exact) mass is 346 g/mol. The van der Waals surface area contributed by atoms with Crippen LogP contribution in [0.3, 0.4) is 0 Å². The van der Waals surface area contributed by atoms with E-state index in [1.54, 1.807) is 16.7 Å². The molecule has 0 radical (unpaired) electrons. The molecule has 1 saturated heterocycles. The van der Waals surface area contributed by atoms with E-state index < -0.39 is 10.8 Å². The fourth-order valence-corrected chi connectivity index (χ4v) is 4.31. The van der Waals surface area contributed by atoms with E-state index >= 15 is 0 Å². The van der Waals surface area contributed by atoms with Crippen molar-refractivity contribution in [1.82, 2.24) is 9.38 Å². The number of imidazole rings is 1. The summed E-state index contributed by atoms with van der Waals surface area (Å²) in [5.41, 5.74) is 1.40. The van der Waals surface area contributed by atoms with Gasteiger partial charge in [-0.2, -0.15) is 0 Å². The largest absolute Gasteiger partial charge is 0.377 e. The van der Waals surface area contributed by atoms with Gasteiger partial charge < -0.3 is 9.14 Å². The molecule has 1 aliphatic rings. The molecule has 0 amide bonds. The Balaban J connectivity index is 1.69. The van der Waals surface area contributed by atoms with E-state index in [1.807, 2.05) is 6.20 Å². The zero-order valence-corrected chi connectivity index (χ0v) is 13.8.